The van der Waals surface area contributed by atoms with Gasteiger partial charge in [0.1, 0.15) is 11.5 Å². The van der Waals surface area contributed by atoms with E-state index in [4.69, 9.17) is 9.47 Å². The average Bonchev–Trinajstić information content (AvgIpc) is 3.03. The number of rotatable bonds is 7. The van der Waals surface area contributed by atoms with E-state index in [2.05, 4.69) is 5.32 Å². The zero-order chi connectivity index (χ0) is 23.0. The van der Waals surface area contributed by atoms with Gasteiger partial charge in [-0.05, 0) is 54.3 Å². The Balaban J connectivity index is 1.37. The number of ether oxygens (including phenoxy) is 2. The van der Waals surface area contributed by atoms with Crippen LogP contribution in [0.4, 0.5) is 5.69 Å². The second kappa shape index (κ2) is 10.7. The van der Waals surface area contributed by atoms with Crippen LogP contribution in [0, 0.1) is 5.92 Å². The molecule has 0 spiro atoms. The third-order valence-corrected chi connectivity index (χ3v) is 5.78. The van der Waals surface area contributed by atoms with Crippen molar-refractivity contribution in [3.63, 3.8) is 0 Å². The fourth-order valence-corrected chi connectivity index (χ4v) is 4.10. The number of benzene rings is 3. The topological polar surface area (TPSA) is 67.9 Å². The summed E-state index contributed by atoms with van der Waals surface area (Å²) < 4.78 is 10.8. The number of amides is 1. The van der Waals surface area contributed by atoms with Crippen LogP contribution in [0.1, 0.15) is 17.5 Å². The van der Waals surface area contributed by atoms with Gasteiger partial charge in [-0.1, -0.05) is 48.5 Å². The predicted molar refractivity (Wildman–Crippen MR) is 127 cm³/mol. The maximum Gasteiger partial charge on any atom is 0.309 e. The van der Waals surface area contributed by atoms with Crippen LogP contribution in [-0.2, 0) is 27.3 Å². The summed E-state index contributed by atoms with van der Waals surface area (Å²) >= 11 is 0. The van der Waals surface area contributed by atoms with E-state index in [0.717, 1.165) is 28.3 Å². The van der Waals surface area contributed by atoms with Crippen molar-refractivity contribution in [1.82, 2.24) is 5.32 Å². The molecule has 1 unspecified atom stereocenters. The first kappa shape index (κ1) is 22.4. The Bertz CT molecular complexity index is 1100. The summed E-state index contributed by atoms with van der Waals surface area (Å²) in [4.78, 5) is 27.0. The molecule has 3 aromatic rings. The predicted octanol–water partition coefficient (Wildman–Crippen LogP) is 4.34. The molecule has 0 bridgehead atoms. The summed E-state index contributed by atoms with van der Waals surface area (Å²) in [6.45, 7) is 1.25. The molecular formula is C27H28N2O4. The van der Waals surface area contributed by atoms with Crippen LogP contribution in [0.3, 0.4) is 0 Å². The van der Waals surface area contributed by atoms with Crippen molar-refractivity contribution in [2.75, 3.05) is 25.1 Å². The highest BCUT2D eigenvalue weighted by molar-refractivity contribution is 5.82. The van der Waals surface area contributed by atoms with Gasteiger partial charge in [0.25, 0.3) is 0 Å². The van der Waals surface area contributed by atoms with Crippen LogP contribution in [-0.4, -0.2) is 32.1 Å². The summed E-state index contributed by atoms with van der Waals surface area (Å²) in [7, 11) is 1.42. The molecule has 0 aromatic heterocycles. The molecule has 3 aromatic carbocycles. The van der Waals surface area contributed by atoms with E-state index in [-0.39, 0.29) is 24.3 Å². The maximum atomic E-state index is 12.8. The summed E-state index contributed by atoms with van der Waals surface area (Å²) in [5.41, 5.74) is 3.01. The minimum absolute atomic E-state index is 0.0734. The van der Waals surface area contributed by atoms with Gasteiger partial charge in [-0.2, -0.15) is 0 Å². The molecule has 0 radical (unpaired) electrons. The number of esters is 1. The number of nitrogens with one attached hydrogen (secondary N) is 1. The first-order valence-corrected chi connectivity index (χ1v) is 11.1. The fraction of sp³-hybridized carbons (Fsp3) is 0.259. The van der Waals surface area contributed by atoms with Crippen LogP contribution in [0.2, 0.25) is 0 Å². The second-order valence-corrected chi connectivity index (χ2v) is 8.10. The molecule has 33 heavy (non-hydrogen) atoms. The molecule has 4 rings (SSSR count). The molecule has 1 aliphatic heterocycles. The molecule has 0 fully saturated rings. The lowest BCUT2D eigenvalue weighted by Crippen LogP contribution is -2.37. The minimum Gasteiger partial charge on any atom is -0.469 e. The third kappa shape index (κ3) is 5.92. The van der Waals surface area contributed by atoms with E-state index in [1.165, 1.54) is 7.11 Å². The van der Waals surface area contributed by atoms with Gasteiger partial charge in [0.2, 0.25) is 5.91 Å². The Kier molecular flexibility index (Phi) is 7.25. The van der Waals surface area contributed by atoms with E-state index >= 15 is 0 Å². The first-order chi connectivity index (χ1) is 16.1. The van der Waals surface area contributed by atoms with E-state index in [1.54, 1.807) is 0 Å². The number of hydrogen-bond donors (Lipinski definition) is 1. The van der Waals surface area contributed by atoms with Crippen molar-refractivity contribution >= 4 is 17.6 Å². The van der Waals surface area contributed by atoms with E-state index in [0.29, 0.717) is 25.9 Å². The standard InChI is InChI=1S/C27H28N2O4/c1-32-27(31)22-14-15-29(25-13-6-5-9-21(25)17-22)19-26(30)28-18-20-8-7-12-24(16-20)33-23-10-3-2-4-11-23/h2-13,16,22H,14-15,17-19H2,1H3,(H,28,30). The minimum atomic E-state index is -0.200. The normalized spacial score (nSPS) is 15.2. The monoisotopic (exact) mass is 444 g/mol. The number of nitrogens with zero attached hydrogens (tertiary/aromatic N) is 1. The zero-order valence-electron chi connectivity index (χ0n) is 18.7. The maximum absolute atomic E-state index is 12.8. The molecule has 1 aliphatic rings. The second-order valence-electron chi connectivity index (χ2n) is 8.10. The van der Waals surface area contributed by atoms with E-state index in [1.807, 2.05) is 83.8 Å². The molecule has 0 aliphatic carbocycles. The van der Waals surface area contributed by atoms with Crippen molar-refractivity contribution in [2.24, 2.45) is 5.92 Å². The van der Waals surface area contributed by atoms with Crippen LogP contribution >= 0.6 is 0 Å². The van der Waals surface area contributed by atoms with Gasteiger partial charge in [0.05, 0.1) is 19.6 Å². The molecule has 6 nitrogen and oxygen atoms in total. The van der Waals surface area contributed by atoms with Gasteiger partial charge in [-0.15, -0.1) is 0 Å². The van der Waals surface area contributed by atoms with Crippen molar-refractivity contribution in [1.29, 1.82) is 0 Å². The summed E-state index contributed by atoms with van der Waals surface area (Å²) in [6.07, 6.45) is 1.27. The smallest absolute Gasteiger partial charge is 0.309 e. The average molecular weight is 445 g/mol. The Morgan fingerprint density at radius 1 is 0.970 bits per heavy atom. The van der Waals surface area contributed by atoms with Gasteiger partial charge in [0.15, 0.2) is 0 Å². The van der Waals surface area contributed by atoms with Gasteiger partial charge in [-0.3, -0.25) is 9.59 Å². The Hall–Kier alpha value is -3.80. The number of carbonyl (C=O) groups excluding carboxylic acids is 2. The van der Waals surface area contributed by atoms with Crippen molar-refractivity contribution in [2.45, 2.75) is 19.4 Å². The molecule has 1 atom stereocenters. The SMILES string of the molecule is COC(=O)C1CCN(CC(=O)NCc2cccc(Oc3ccccc3)c2)c2ccccc2C1. The Morgan fingerprint density at radius 3 is 2.55 bits per heavy atom. The number of carbonyl (C=O) groups is 2. The number of fused-ring (bicyclic) bond motifs is 1. The number of para-hydroxylation sites is 2. The molecule has 1 N–H and O–H groups in total. The molecule has 0 saturated carbocycles. The number of methoxy groups -OCH3 is 1. The number of hydrogen-bond acceptors (Lipinski definition) is 5. The molecule has 6 heteroatoms. The summed E-state index contributed by atoms with van der Waals surface area (Å²) in [5, 5.41) is 3.01. The quantitative estimate of drug-likeness (QED) is 0.549. The lowest BCUT2D eigenvalue weighted by Gasteiger charge is -2.24. The molecule has 1 heterocycles. The molecule has 170 valence electrons. The van der Waals surface area contributed by atoms with Crippen LogP contribution < -0.4 is 15.0 Å². The fourth-order valence-electron chi connectivity index (χ4n) is 4.10. The lowest BCUT2D eigenvalue weighted by molar-refractivity contribution is -0.145. The zero-order valence-corrected chi connectivity index (χ0v) is 18.7. The highest BCUT2D eigenvalue weighted by atomic mass is 16.5. The Labute approximate surface area is 194 Å². The largest absolute Gasteiger partial charge is 0.469 e. The van der Waals surface area contributed by atoms with Crippen molar-refractivity contribution < 1.29 is 19.1 Å². The highest BCUT2D eigenvalue weighted by Gasteiger charge is 2.27. The molecule has 0 saturated heterocycles. The van der Waals surface area contributed by atoms with Crippen molar-refractivity contribution in [3.8, 4) is 11.5 Å². The van der Waals surface area contributed by atoms with E-state index < -0.39 is 0 Å². The first-order valence-electron chi connectivity index (χ1n) is 11.1. The number of anilines is 1. The Morgan fingerprint density at radius 2 is 1.73 bits per heavy atom. The van der Waals surface area contributed by atoms with Crippen LogP contribution in [0.25, 0.3) is 0 Å². The van der Waals surface area contributed by atoms with Gasteiger partial charge < -0.3 is 19.7 Å². The van der Waals surface area contributed by atoms with Crippen molar-refractivity contribution in [3.05, 3.63) is 90.0 Å². The third-order valence-electron chi connectivity index (χ3n) is 5.78. The van der Waals surface area contributed by atoms with Gasteiger partial charge in [-0.25, -0.2) is 0 Å². The van der Waals surface area contributed by atoms with Gasteiger partial charge >= 0.3 is 5.97 Å². The summed E-state index contributed by atoms with van der Waals surface area (Å²) in [5.74, 6) is 1.02. The van der Waals surface area contributed by atoms with Crippen LogP contribution in [0.5, 0.6) is 11.5 Å². The lowest BCUT2D eigenvalue weighted by atomic mass is 9.97. The van der Waals surface area contributed by atoms with Crippen LogP contribution in [0.15, 0.2) is 78.9 Å². The highest BCUT2D eigenvalue weighted by Crippen LogP contribution is 2.29. The molecule has 1 amide bonds. The van der Waals surface area contributed by atoms with Gasteiger partial charge in [0, 0.05) is 18.8 Å². The van der Waals surface area contributed by atoms with E-state index in [9.17, 15) is 9.59 Å². The molecular weight excluding hydrogens is 416 g/mol. The summed E-state index contributed by atoms with van der Waals surface area (Å²) in [6, 6.07) is 25.2.